The summed E-state index contributed by atoms with van der Waals surface area (Å²) in [6, 6.07) is 7.19. The fourth-order valence-electron chi connectivity index (χ4n) is 1.01. The Bertz CT molecular complexity index is 368. The minimum atomic E-state index is 0.691. The van der Waals surface area contributed by atoms with E-state index in [1.807, 2.05) is 12.1 Å². The normalized spacial score (nSPS) is 10.0. The summed E-state index contributed by atoms with van der Waals surface area (Å²) in [6.07, 6.45) is 3.27. The molecule has 0 bridgehead atoms. The molecule has 0 radical (unpaired) electrons. The van der Waals surface area contributed by atoms with Crippen molar-refractivity contribution >= 4 is 5.69 Å². The molecule has 2 rings (SSSR count). The second-order valence-corrected chi connectivity index (χ2v) is 2.45. The van der Waals surface area contributed by atoms with Gasteiger partial charge in [0.05, 0.1) is 6.26 Å². The zero-order valence-electron chi connectivity index (χ0n) is 6.40. The van der Waals surface area contributed by atoms with Crippen LogP contribution < -0.4 is 5.73 Å². The number of anilines is 1. The maximum absolute atomic E-state index is 5.58. The molecule has 0 atom stereocenters. The predicted octanol–water partition coefficient (Wildman–Crippen LogP) is 1.92. The molecule has 0 aliphatic carbocycles. The Balaban J connectivity index is 2.48. The van der Waals surface area contributed by atoms with Crippen molar-refractivity contribution in [1.29, 1.82) is 0 Å². The highest BCUT2D eigenvalue weighted by atomic mass is 16.3. The summed E-state index contributed by atoms with van der Waals surface area (Å²) in [7, 11) is 0. The van der Waals surface area contributed by atoms with Crippen molar-refractivity contribution in [2.45, 2.75) is 0 Å². The van der Waals surface area contributed by atoms with Gasteiger partial charge in [0.25, 0.3) is 0 Å². The zero-order chi connectivity index (χ0) is 8.39. The number of nitrogen functional groups attached to an aromatic ring is 1. The molecule has 2 aromatic heterocycles. The third-order valence-corrected chi connectivity index (χ3v) is 1.56. The van der Waals surface area contributed by atoms with Crippen molar-refractivity contribution in [3.8, 4) is 11.5 Å². The van der Waals surface area contributed by atoms with Gasteiger partial charge in [0.2, 0.25) is 0 Å². The number of rotatable bonds is 1. The standard InChI is InChI=1S/C9H8N2O/c10-7-3-4-11-8(6-7)9-2-1-5-12-9/h1-6H,(H2,10,11). The molecule has 0 fully saturated rings. The monoisotopic (exact) mass is 160 g/mol. The largest absolute Gasteiger partial charge is 0.463 e. The number of hydrogen-bond donors (Lipinski definition) is 1. The van der Waals surface area contributed by atoms with Crippen LogP contribution in [-0.2, 0) is 0 Å². The first-order chi connectivity index (χ1) is 5.86. The Morgan fingerprint density at radius 1 is 1.33 bits per heavy atom. The van der Waals surface area contributed by atoms with Crippen molar-refractivity contribution in [3.63, 3.8) is 0 Å². The average molecular weight is 160 g/mol. The van der Waals surface area contributed by atoms with Crippen LogP contribution >= 0.6 is 0 Å². The summed E-state index contributed by atoms with van der Waals surface area (Å²) in [5.74, 6) is 0.738. The van der Waals surface area contributed by atoms with Crippen molar-refractivity contribution < 1.29 is 4.42 Å². The van der Waals surface area contributed by atoms with Crippen LogP contribution in [0.3, 0.4) is 0 Å². The average Bonchev–Trinajstić information content (AvgIpc) is 2.56. The minimum absolute atomic E-state index is 0.691. The van der Waals surface area contributed by atoms with Crippen LogP contribution in [0.25, 0.3) is 11.5 Å². The number of furan rings is 1. The first kappa shape index (κ1) is 6.91. The number of nitrogens with two attached hydrogens (primary N) is 1. The van der Waals surface area contributed by atoms with Crippen LogP contribution in [0.1, 0.15) is 0 Å². The van der Waals surface area contributed by atoms with E-state index in [0.717, 1.165) is 11.5 Å². The van der Waals surface area contributed by atoms with Gasteiger partial charge in [-0.2, -0.15) is 0 Å². The van der Waals surface area contributed by atoms with E-state index in [2.05, 4.69) is 4.98 Å². The molecule has 0 aliphatic rings. The zero-order valence-corrected chi connectivity index (χ0v) is 6.40. The van der Waals surface area contributed by atoms with Gasteiger partial charge >= 0.3 is 0 Å². The lowest BCUT2D eigenvalue weighted by molar-refractivity contribution is 0.580. The van der Waals surface area contributed by atoms with E-state index in [1.54, 1.807) is 24.6 Å². The number of nitrogens with zero attached hydrogens (tertiary/aromatic N) is 1. The van der Waals surface area contributed by atoms with Gasteiger partial charge in [0, 0.05) is 11.9 Å². The SMILES string of the molecule is Nc1ccnc(-c2ccco2)c1. The highest BCUT2D eigenvalue weighted by Gasteiger charge is 2.00. The molecule has 0 aromatic carbocycles. The maximum Gasteiger partial charge on any atom is 0.152 e. The Hall–Kier alpha value is -1.77. The van der Waals surface area contributed by atoms with Gasteiger partial charge in [-0.1, -0.05) is 0 Å². The van der Waals surface area contributed by atoms with Gasteiger partial charge in [-0.3, -0.25) is 4.98 Å². The summed E-state index contributed by atoms with van der Waals surface area (Å²) in [5, 5.41) is 0. The lowest BCUT2D eigenvalue weighted by Gasteiger charge is -1.95. The van der Waals surface area contributed by atoms with Crippen LogP contribution in [0, 0.1) is 0 Å². The van der Waals surface area contributed by atoms with Crippen LogP contribution in [0.2, 0.25) is 0 Å². The molecule has 12 heavy (non-hydrogen) atoms. The van der Waals surface area contributed by atoms with Gasteiger partial charge in [-0.15, -0.1) is 0 Å². The molecule has 0 unspecified atom stereocenters. The lowest BCUT2D eigenvalue weighted by Crippen LogP contribution is -1.86. The highest BCUT2D eigenvalue weighted by molar-refractivity contribution is 5.57. The molecular formula is C9H8N2O. The van der Waals surface area contributed by atoms with E-state index in [1.165, 1.54) is 0 Å². The molecule has 2 heterocycles. The van der Waals surface area contributed by atoms with Gasteiger partial charge in [0.1, 0.15) is 5.69 Å². The molecule has 3 heteroatoms. The molecular weight excluding hydrogens is 152 g/mol. The van der Waals surface area contributed by atoms with Crippen LogP contribution in [0.5, 0.6) is 0 Å². The smallest absolute Gasteiger partial charge is 0.152 e. The fourth-order valence-corrected chi connectivity index (χ4v) is 1.01. The highest BCUT2D eigenvalue weighted by Crippen LogP contribution is 2.18. The second kappa shape index (κ2) is 2.70. The van der Waals surface area contributed by atoms with Crippen molar-refractivity contribution in [3.05, 3.63) is 36.7 Å². The van der Waals surface area contributed by atoms with Gasteiger partial charge < -0.3 is 10.2 Å². The Morgan fingerprint density at radius 3 is 2.92 bits per heavy atom. The fraction of sp³-hybridized carbons (Fsp3) is 0. The molecule has 2 N–H and O–H groups in total. The van der Waals surface area contributed by atoms with Gasteiger partial charge in [-0.05, 0) is 24.3 Å². The topological polar surface area (TPSA) is 52.0 Å². The van der Waals surface area contributed by atoms with E-state index < -0.39 is 0 Å². The van der Waals surface area contributed by atoms with Gasteiger partial charge in [-0.25, -0.2) is 0 Å². The van der Waals surface area contributed by atoms with Crippen molar-refractivity contribution in [2.75, 3.05) is 5.73 Å². The molecule has 60 valence electrons. The minimum Gasteiger partial charge on any atom is -0.463 e. The third-order valence-electron chi connectivity index (χ3n) is 1.56. The van der Waals surface area contributed by atoms with Crippen LogP contribution in [0.15, 0.2) is 41.1 Å². The van der Waals surface area contributed by atoms with E-state index >= 15 is 0 Å². The van der Waals surface area contributed by atoms with E-state index in [4.69, 9.17) is 10.2 Å². The van der Waals surface area contributed by atoms with Gasteiger partial charge in [0.15, 0.2) is 5.76 Å². The predicted molar refractivity (Wildman–Crippen MR) is 46.4 cm³/mol. The van der Waals surface area contributed by atoms with E-state index in [-0.39, 0.29) is 0 Å². The van der Waals surface area contributed by atoms with Crippen LogP contribution in [0.4, 0.5) is 5.69 Å². The first-order valence-electron chi connectivity index (χ1n) is 3.62. The number of hydrogen-bond acceptors (Lipinski definition) is 3. The Kier molecular flexibility index (Phi) is 1.55. The lowest BCUT2D eigenvalue weighted by atomic mass is 10.3. The molecule has 3 nitrogen and oxygen atoms in total. The van der Waals surface area contributed by atoms with Crippen molar-refractivity contribution in [2.24, 2.45) is 0 Å². The van der Waals surface area contributed by atoms with Crippen molar-refractivity contribution in [1.82, 2.24) is 4.98 Å². The quantitative estimate of drug-likeness (QED) is 0.693. The maximum atomic E-state index is 5.58. The van der Waals surface area contributed by atoms with Crippen LogP contribution in [-0.4, -0.2) is 4.98 Å². The molecule has 0 saturated heterocycles. The molecule has 0 spiro atoms. The number of pyridine rings is 1. The molecule has 0 saturated carbocycles. The second-order valence-electron chi connectivity index (χ2n) is 2.45. The Labute approximate surface area is 69.8 Å². The summed E-state index contributed by atoms with van der Waals surface area (Å²) in [4.78, 5) is 4.11. The summed E-state index contributed by atoms with van der Waals surface area (Å²) in [5.41, 5.74) is 7.04. The molecule has 2 aromatic rings. The third kappa shape index (κ3) is 1.16. The first-order valence-corrected chi connectivity index (χ1v) is 3.62. The summed E-state index contributed by atoms with van der Waals surface area (Å²) >= 11 is 0. The number of aromatic nitrogens is 1. The Morgan fingerprint density at radius 2 is 2.25 bits per heavy atom. The summed E-state index contributed by atoms with van der Waals surface area (Å²) in [6.45, 7) is 0. The molecule has 0 aliphatic heterocycles. The van der Waals surface area contributed by atoms with E-state index in [0.29, 0.717) is 5.69 Å². The molecule has 0 amide bonds. The summed E-state index contributed by atoms with van der Waals surface area (Å²) < 4.78 is 5.16. The van der Waals surface area contributed by atoms with E-state index in [9.17, 15) is 0 Å².